The smallest absolute Gasteiger partial charge is 0.252 e. The monoisotopic (exact) mass is 358 g/mol. The van der Waals surface area contributed by atoms with E-state index in [-0.39, 0.29) is 0 Å². The topological polar surface area (TPSA) is 91.4 Å². The van der Waals surface area contributed by atoms with Crippen molar-refractivity contribution in [3.05, 3.63) is 72.3 Å². The van der Waals surface area contributed by atoms with Gasteiger partial charge in [-0.05, 0) is 0 Å². The summed E-state index contributed by atoms with van der Waals surface area (Å²) in [6.07, 6.45) is 13.9. The SMILES string of the molecule is O/N=C\c1cc[n+](COC/C=C\COC[n+]2ccc(/C=N/O)cc2)cc1. The molecule has 8 heteroatoms. The predicted molar refractivity (Wildman–Crippen MR) is 93.1 cm³/mol. The molecule has 2 heterocycles. The lowest BCUT2D eigenvalue weighted by Crippen LogP contribution is -2.34. The van der Waals surface area contributed by atoms with E-state index in [4.69, 9.17) is 19.9 Å². The van der Waals surface area contributed by atoms with Gasteiger partial charge in [-0.3, -0.25) is 0 Å². The Bertz CT molecular complexity index is 664. The van der Waals surface area contributed by atoms with E-state index in [1.165, 1.54) is 12.4 Å². The minimum Gasteiger partial charge on any atom is -0.411 e. The number of hydrogen-bond acceptors (Lipinski definition) is 6. The van der Waals surface area contributed by atoms with Gasteiger partial charge in [0.05, 0.1) is 25.6 Å². The molecular weight excluding hydrogens is 336 g/mol. The fourth-order valence-electron chi connectivity index (χ4n) is 2.00. The lowest BCUT2D eigenvalue weighted by Gasteiger charge is -1.99. The molecule has 0 fully saturated rings. The Labute approximate surface area is 151 Å². The molecule has 0 amide bonds. The first-order valence-corrected chi connectivity index (χ1v) is 7.95. The van der Waals surface area contributed by atoms with Crippen LogP contribution < -0.4 is 9.13 Å². The Morgan fingerprint density at radius 2 is 1.12 bits per heavy atom. The van der Waals surface area contributed by atoms with Crippen molar-refractivity contribution in [2.75, 3.05) is 13.2 Å². The second-order valence-electron chi connectivity index (χ2n) is 5.25. The molecule has 0 saturated carbocycles. The third-order valence-corrected chi connectivity index (χ3v) is 3.32. The zero-order valence-corrected chi connectivity index (χ0v) is 14.3. The van der Waals surface area contributed by atoms with Crippen molar-refractivity contribution in [2.45, 2.75) is 13.5 Å². The average Bonchev–Trinajstić information content (AvgIpc) is 2.67. The summed E-state index contributed by atoms with van der Waals surface area (Å²) in [4.78, 5) is 0. The minimum atomic E-state index is 0.432. The van der Waals surface area contributed by atoms with E-state index in [2.05, 4.69) is 10.3 Å². The highest BCUT2D eigenvalue weighted by atomic mass is 16.5. The second-order valence-corrected chi connectivity index (χ2v) is 5.25. The molecule has 0 saturated heterocycles. The van der Waals surface area contributed by atoms with Crippen molar-refractivity contribution in [2.24, 2.45) is 10.3 Å². The third-order valence-electron chi connectivity index (χ3n) is 3.32. The quantitative estimate of drug-likeness (QED) is 0.166. The van der Waals surface area contributed by atoms with Crippen LogP contribution in [0, 0.1) is 0 Å². The van der Waals surface area contributed by atoms with Crippen molar-refractivity contribution in [1.29, 1.82) is 0 Å². The molecule has 0 unspecified atom stereocenters. The lowest BCUT2D eigenvalue weighted by molar-refractivity contribution is -0.732. The summed E-state index contributed by atoms with van der Waals surface area (Å²) in [7, 11) is 0. The van der Waals surface area contributed by atoms with E-state index in [0.29, 0.717) is 26.7 Å². The van der Waals surface area contributed by atoms with Gasteiger partial charge in [0.15, 0.2) is 24.8 Å². The van der Waals surface area contributed by atoms with Crippen LogP contribution in [-0.4, -0.2) is 36.1 Å². The molecule has 0 aromatic carbocycles. The molecule has 8 nitrogen and oxygen atoms in total. The van der Waals surface area contributed by atoms with Crippen LogP contribution in [0.3, 0.4) is 0 Å². The maximum absolute atomic E-state index is 8.45. The zero-order chi connectivity index (χ0) is 18.5. The molecule has 0 radical (unpaired) electrons. The molecule has 0 aliphatic rings. The van der Waals surface area contributed by atoms with Gasteiger partial charge < -0.3 is 19.9 Å². The van der Waals surface area contributed by atoms with Crippen molar-refractivity contribution in [1.82, 2.24) is 0 Å². The molecule has 2 aromatic rings. The number of hydrogen-bond donors (Lipinski definition) is 2. The molecule has 2 N–H and O–H groups in total. The molecule has 0 aliphatic heterocycles. The van der Waals surface area contributed by atoms with Gasteiger partial charge in [0, 0.05) is 35.4 Å². The Balaban J connectivity index is 1.58. The van der Waals surface area contributed by atoms with Crippen LogP contribution >= 0.6 is 0 Å². The zero-order valence-electron chi connectivity index (χ0n) is 14.3. The maximum Gasteiger partial charge on any atom is 0.252 e. The van der Waals surface area contributed by atoms with Gasteiger partial charge in [0.25, 0.3) is 13.5 Å². The highest BCUT2D eigenvalue weighted by molar-refractivity contribution is 5.78. The van der Waals surface area contributed by atoms with Gasteiger partial charge in [0.1, 0.15) is 0 Å². The standard InChI is InChI=1S/C18H20N4O4/c23-19-13-17-3-7-21(8-4-17)15-25-11-1-2-12-26-16-22-9-5-18(6-10-22)14-20-24/h1-10,13-14H,11-12,15-16H2/p+2/b2-1-. The molecule has 0 atom stereocenters. The largest absolute Gasteiger partial charge is 0.411 e. The number of rotatable bonds is 10. The van der Waals surface area contributed by atoms with Crippen LogP contribution in [0.2, 0.25) is 0 Å². The molecule has 2 rings (SSSR count). The van der Waals surface area contributed by atoms with Gasteiger partial charge in [-0.15, -0.1) is 0 Å². The Kier molecular flexibility index (Phi) is 8.47. The first-order chi connectivity index (χ1) is 12.8. The summed E-state index contributed by atoms with van der Waals surface area (Å²) in [5, 5.41) is 22.9. The van der Waals surface area contributed by atoms with Gasteiger partial charge in [-0.1, -0.05) is 22.5 Å². The van der Waals surface area contributed by atoms with Crippen LogP contribution in [0.4, 0.5) is 0 Å². The van der Waals surface area contributed by atoms with Crippen molar-refractivity contribution in [3.63, 3.8) is 0 Å². The van der Waals surface area contributed by atoms with Crippen LogP contribution in [0.5, 0.6) is 0 Å². The van der Waals surface area contributed by atoms with Crippen LogP contribution in [0.1, 0.15) is 11.1 Å². The number of aromatic nitrogens is 2. The van der Waals surface area contributed by atoms with E-state index in [0.717, 1.165) is 11.1 Å². The van der Waals surface area contributed by atoms with Crippen LogP contribution in [0.25, 0.3) is 0 Å². The highest BCUT2D eigenvalue weighted by Crippen LogP contribution is 1.91. The maximum atomic E-state index is 8.45. The molecule has 2 aromatic heterocycles. The van der Waals surface area contributed by atoms with Crippen molar-refractivity contribution in [3.8, 4) is 0 Å². The second kappa shape index (κ2) is 11.5. The van der Waals surface area contributed by atoms with E-state index in [1.54, 1.807) is 0 Å². The summed E-state index contributed by atoms with van der Waals surface area (Å²) in [6.45, 7) is 1.83. The first-order valence-electron chi connectivity index (χ1n) is 7.95. The molecular formula is C18H22N4O4+2. The van der Waals surface area contributed by atoms with Gasteiger partial charge in [0.2, 0.25) is 0 Å². The van der Waals surface area contributed by atoms with E-state index < -0.39 is 0 Å². The molecule has 0 bridgehead atoms. The fourth-order valence-corrected chi connectivity index (χ4v) is 2.00. The van der Waals surface area contributed by atoms with Crippen LogP contribution in [-0.2, 0) is 22.9 Å². The summed E-state index contributed by atoms with van der Waals surface area (Å²) in [6, 6.07) is 7.31. The molecule has 0 aliphatic carbocycles. The molecule has 26 heavy (non-hydrogen) atoms. The van der Waals surface area contributed by atoms with E-state index >= 15 is 0 Å². The number of pyridine rings is 2. The predicted octanol–water partition coefficient (Wildman–Crippen LogP) is 1.08. The summed E-state index contributed by atoms with van der Waals surface area (Å²) in [5.41, 5.74) is 1.63. The number of ether oxygens (including phenoxy) is 2. The number of oxime groups is 2. The summed E-state index contributed by atoms with van der Waals surface area (Å²) < 4.78 is 14.8. The average molecular weight is 358 g/mol. The van der Waals surface area contributed by atoms with E-state index in [1.807, 2.05) is 70.3 Å². The Morgan fingerprint density at radius 3 is 1.46 bits per heavy atom. The van der Waals surface area contributed by atoms with Gasteiger partial charge in [-0.2, -0.15) is 9.13 Å². The van der Waals surface area contributed by atoms with Crippen molar-refractivity contribution < 1.29 is 29.0 Å². The summed E-state index contributed by atoms with van der Waals surface area (Å²) in [5.74, 6) is 0. The fraction of sp³-hybridized carbons (Fsp3) is 0.222. The Morgan fingerprint density at radius 1 is 0.731 bits per heavy atom. The minimum absolute atomic E-state index is 0.432. The molecule has 0 spiro atoms. The highest BCUT2D eigenvalue weighted by Gasteiger charge is 2.00. The normalized spacial score (nSPS) is 11.8. The Hall–Kier alpha value is -3.10. The van der Waals surface area contributed by atoms with Crippen molar-refractivity contribution >= 4 is 12.4 Å². The lowest BCUT2D eigenvalue weighted by atomic mass is 10.3. The van der Waals surface area contributed by atoms with Gasteiger partial charge in [-0.25, -0.2) is 0 Å². The summed E-state index contributed by atoms with van der Waals surface area (Å²) >= 11 is 0. The molecule has 136 valence electrons. The van der Waals surface area contributed by atoms with Crippen LogP contribution in [0.15, 0.2) is 71.5 Å². The van der Waals surface area contributed by atoms with E-state index in [9.17, 15) is 0 Å². The third kappa shape index (κ3) is 7.20. The number of nitrogens with zero attached hydrogens (tertiary/aromatic N) is 4. The van der Waals surface area contributed by atoms with Gasteiger partial charge >= 0.3 is 0 Å². The first kappa shape index (κ1) is 19.2.